The van der Waals surface area contributed by atoms with Gasteiger partial charge in [-0.3, -0.25) is 0 Å². The third-order valence-electron chi connectivity index (χ3n) is 2.05. The molecule has 0 saturated heterocycles. The molecule has 0 aromatic carbocycles. The first-order valence-electron chi connectivity index (χ1n) is 3.97. The van der Waals surface area contributed by atoms with Gasteiger partial charge in [0.15, 0.2) is 0 Å². The first-order valence-corrected chi connectivity index (χ1v) is 4.76. The molecule has 72 valence electrons. The molecule has 0 radical (unpaired) electrons. The number of aromatic nitrogens is 2. The lowest BCUT2D eigenvalue weighted by molar-refractivity contribution is 0.0699. The van der Waals surface area contributed by atoms with Crippen LogP contribution < -0.4 is 0 Å². The van der Waals surface area contributed by atoms with Crippen molar-refractivity contribution in [1.29, 1.82) is 0 Å². The van der Waals surface area contributed by atoms with Crippen LogP contribution in [-0.2, 0) is 0 Å². The van der Waals surface area contributed by atoms with Crippen LogP contribution in [-0.4, -0.2) is 20.7 Å². The highest BCUT2D eigenvalue weighted by atomic mass is 79.9. The van der Waals surface area contributed by atoms with Crippen LogP contribution in [0.3, 0.4) is 0 Å². The predicted octanol–water partition coefficient (Wildman–Crippen LogP) is 2.10. The summed E-state index contributed by atoms with van der Waals surface area (Å²) >= 11 is 3.30. The number of carboxylic acid groups (broad SMARTS) is 1. The number of nitrogens with zero attached hydrogens (tertiary/aromatic N) is 2. The average Bonchev–Trinajstić information content (AvgIpc) is 2.56. The quantitative estimate of drug-likeness (QED) is 0.794. The van der Waals surface area contributed by atoms with E-state index in [9.17, 15) is 4.79 Å². The Hall–Kier alpha value is -1.36. The first kappa shape index (κ1) is 9.21. The second kappa shape index (κ2) is 3.09. The van der Waals surface area contributed by atoms with Crippen molar-refractivity contribution in [1.82, 2.24) is 9.61 Å². The van der Waals surface area contributed by atoms with Crippen molar-refractivity contribution in [3.8, 4) is 0 Å². The van der Waals surface area contributed by atoms with Gasteiger partial charge in [-0.1, -0.05) is 6.07 Å². The molecule has 5 heteroatoms. The number of hydrogen-bond donors (Lipinski definition) is 1. The molecule has 4 nitrogen and oxygen atoms in total. The van der Waals surface area contributed by atoms with Crippen molar-refractivity contribution >= 4 is 27.4 Å². The number of carbonyl (C=O) groups is 1. The van der Waals surface area contributed by atoms with Gasteiger partial charge in [-0.25, -0.2) is 9.31 Å². The number of fused-ring (bicyclic) bond motifs is 1. The Balaban J connectivity index is 2.90. The zero-order valence-electron chi connectivity index (χ0n) is 7.36. The molecule has 0 bridgehead atoms. The summed E-state index contributed by atoms with van der Waals surface area (Å²) in [5.74, 6) is -0.957. The summed E-state index contributed by atoms with van der Waals surface area (Å²) in [7, 11) is 0. The Morgan fingerprint density at radius 1 is 1.57 bits per heavy atom. The number of aromatic carboxylic acids is 1. The van der Waals surface area contributed by atoms with Crippen LogP contribution in [0, 0.1) is 6.92 Å². The Morgan fingerprint density at radius 2 is 2.29 bits per heavy atom. The summed E-state index contributed by atoms with van der Waals surface area (Å²) in [6.07, 6.45) is 1.36. The zero-order chi connectivity index (χ0) is 10.3. The summed E-state index contributed by atoms with van der Waals surface area (Å²) in [6.45, 7) is 1.86. The Labute approximate surface area is 88.3 Å². The van der Waals surface area contributed by atoms with Gasteiger partial charge in [0, 0.05) is 0 Å². The molecule has 1 N–H and O–H groups in total. The molecule has 2 rings (SSSR count). The predicted molar refractivity (Wildman–Crippen MR) is 54.6 cm³/mol. The number of hydrogen-bond acceptors (Lipinski definition) is 2. The maximum atomic E-state index is 10.9. The Bertz CT molecular complexity index is 519. The number of rotatable bonds is 1. The maximum Gasteiger partial charge on any atom is 0.339 e. The molecule has 0 fully saturated rings. The van der Waals surface area contributed by atoms with Crippen molar-refractivity contribution in [2.75, 3.05) is 0 Å². The van der Waals surface area contributed by atoms with Gasteiger partial charge in [0.05, 0.1) is 11.7 Å². The Morgan fingerprint density at radius 3 is 2.93 bits per heavy atom. The number of pyridine rings is 1. The van der Waals surface area contributed by atoms with Crippen LogP contribution in [0.25, 0.3) is 5.52 Å². The number of halogens is 1. The summed E-state index contributed by atoms with van der Waals surface area (Å²) in [5, 5.41) is 12.9. The molecular formula is C9H7BrN2O2. The van der Waals surface area contributed by atoms with E-state index in [1.54, 1.807) is 4.52 Å². The standard InChI is InChI=1S/C9H7BrN2O2/c1-5-2-3-7(10)12-8(5)6(4-11-12)9(13)14/h2-4H,1H3,(H,13,14). The lowest BCUT2D eigenvalue weighted by Gasteiger charge is -2.01. The summed E-state index contributed by atoms with van der Waals surface area (Å²) in [6, 6.07) is 3.69. The van der Waals surface area contributed by atoms with Crippen LogP contribution in [0.2, 0.25) is 0 Å². The van der Waals surface area contributed by atoms with E-state index in [1.807, 2.05) is 19.1 Å². The van der Waals surface area contributed by atoms with Gasteiger partial charge < -0.3 is 5.11 Å². The van der Waals surface area contributed by atoms with Gasteiger partial charge in [0.2, 0.25) is 0 Å². The van der Waals surface area contributed by atoms with Crippen LogP contribution in [0.5, 0.6) is 0 Å². The second-order valence-corrected chi connectivity index (χ2v) is 3.78. The van der Waals surface area contributed by atoms with Crippen molar-refractivity contribution in [3.05, 3.63) is 34.1 Å². The molecule has 14 heavy (non-hydrogen) atoms. The van der Waals surface area contributed by atoms with Crippen LogP contribution in [0.15, 0.2) is 22.9 Å². The molecule has 0 amide bonds. The third kappa shape index (κ3) is 1.21. The molecule has 2 aromatic heterocycles. The van der Waals surface area contributed by atoms with E-state index in [4.69, 9.17) is 5.11 Å². The van der Waals surface area contributed by atoms with E-state index in [-0.39, 0.29) is 5.56 Å². The minimum absolute atomic E-state index is 0.226. The average molecular weight is 255 g/mol. The van der Waals surface area contributed by atoms with Gasteiger partial charge in [0.25, 0.3) is 0 Å². The second-order valence-electron chi connectivity index (χ2n) is 2.96. The minimum atomic E-state index is -0.957. The molecule has 0 spiro atoms. The number of aryl methyl sites for hydroxylation is 1. The zero-order valence-corrected chi connectivity index (χ0v) is 8.95. The van der Waals surface area contributed by atoms with Crippen molar-refractivity contribution in [2.24, 2.45) is 0 Å². The minimum Gasteiger partial charge on any atom is -0.478 e. The van der Waals surface area contributed by atoms with Gasteiger partial charge in [-0.05, 0) is 34.5 Å². The SMILES string of the molecule is Cc1ccc(Br)n2ncc(C(=O)O)c12. The fraction of sp³-hybridized carbons (Fsp3) is 0.111. The molecular weight excluding hydrogens is 248 g/mol. The van der Waals surface area contributed by atoms with E-state index in [1.165, 1.54) is 6.20 Å². The monoisotopic (exact) mass is 254 g/mol. The molecule has 2 aromatic rings. The molecule has 0 saturated carbocycles. The summed E-state index contributed by atoms with van der Waals surface area (Å²) in [5.41, 5.74) is 1.75. The topological polar surface area (TPSA) is 54.6 Å². The summed E-state index contributed by atoms with van der Waals surface area (Å²) in [4.78, 5) is 10.9. The van der Waals surface area contributed by atoms with Gasteiger partial charge in [-0.2, -0.15) is 5.10 Å². The molecule has 0 aliphatic carbocycles. The molecule has 0 atom stereocenters. The normalized spacial score (nSPS) is 10.7. The lowest BCUT2D eigenvalue weighted by atomic mass is 10.2. The van der Waals surface area contributed by atoms with E-state index >= 15 is 0 Å². The molecule has 0 aliphatic heterocycles. The van der Waals surface area contributed by atoms with Crippen LogP contribution in [0.1, 0.15) is 15.9 Å². The van der Waals surface area contributed by atoms with Crippen LogP contribution in [0.4, 0.5) is 0 Å². The number of carboxylic acids is 1. The highest BCUT2D eigenvalue weighted by Crippen LogP contribution is 2.20. The smallest absolute Gasteiger partial charge is 0.339 e. The van der Waals surface area contributed by atoms with Gasteiger partial charge >= 0.3 is 5.97 Å². The fourth-order valence-electron chi connectivity index (χ4n) is 1.39. The fourth-order valence-corrected chi connectivity index (χ4v) is 1.79. The summed E-state index contributed by atoms with van der Waals surface area (Å²) < 4.78 is 2.31. The lowest BCUT2D eigenvalue weighted by Crippen LogP contribution is -1.97. The van der Waals surface area contributed by atoms with E-state index in [2.05, 4.69) is 21.0 Å². The van der Waals surface area contributed by atoms with E-state index in [0.29, 0.717) is 5.52 Å². The maximum absolute atomic E-state index is 10.9. The highest BCUT2D eigenvalue weighted by Gasteiger charge is 2.14. The van der Waals surface area contributed by atoms with E-state index < -0.39 is 5.97 Å². The molecule has 2 heterocycles. The van der Waals surface area contributed by atoms with Crippen LogP contribution >= 0.6 is 15.9 Å². The van der Waals surface area contributed by atoms with Crippen molar-refractivity contribution in [3.63, 3.8) is 0 Å². The van der Waals surface area contributed by atoms with Crippen molar-refractivity contribution < 1.29 is 9.90 Å². The molecule has 0 aliphatic rings. The highest BCUT2D eigenvalue weighted by molar-refractivity contribution is 9.10. The largest absolute Gasteiger partial charge is 0.478 e. The first-order chi connectivity index (χ1) is 6.61. The van der Waals surface area contributed by atoms with E-state index in [0.717, 1.165) is 10.2 Å². The molecule has 0 unspecified atom stereocenters. The third-order valence-corrected chi connectivity index (χ3v) is 2.65. The Kier molecular flexibility index (Phi) is 2.03. The van der Waals surface area contributed by atoms with Gasteiger partial charge in [-0.15, -0.1) is 0 Å². The van der Waals surface area contributed by atoms with Crippen molar-refractivity contribution in [2.45, 2.75) is 6.92 Å². The van der Waals surface area contributed by atoms with Gasteiger partial charge in [0.1, 0.15) is 10.2 Å².